The van der Waals surface area contributed by atoms with Crippen molar-refractivity contribution >= 4 is 28.5 Å². The monoisotopic (exact) mass is 512 g/mol. The molecule has 0 aromatic heterocycles. The molecule has 2 amide bonds. The third kappa shape index (κ3) is 5.73. The van der Waals surface area contributed by atoms with Crippen molar-refractivity contribution in [2.45, 2.75) is 58.3 Å². The van der Waals surface area contributed by atoms with Gasteiger partial charge in [0.15, 0.2) is 0 Å². The molecule has 0 atom stereocenters. The minimum Gasteiger partial charge on any atom is -0.481 e. The molecule has 2 N–H and O–H groups in total. The first-order chi connectivity index (χ1) is 17.7. The van der Waals surface area contributed by atoms with Crippen LogP contribution in [0.4, 0.5) is 23.7 Å². The van der Waals surface area contributed by atoms with Crippen LogP contribution in [-0.4, -0.2) is 35.1 Å². The fourth-order valence-corrected chi connectivity index (χ4v) is 5.35. The molecule has 0 radical (unpaired) electrons. The number of carbonyl (C=O) groups excluding carboxylic acids is 1. The molecule has 5 nitrogen and oxygen atoms in total. The molecule has 0 saturated carbocycles. The van der Waals surface area contributed by atoms with E-state index in [1.165, 1.54) is 23.1 Å². The number of aliphatic carboxylic acids is 1. The van der Waals surface area contributed by atoms with Gasteiger partial charge in [-0.15, -0.1) is 0 Å². The number of nitrogens with one attached hydrogen (secondary N) is 1. The van der Waals surface area contributed by atoms with E-state index < -0.39 is 29.3 Å². The molecule has 1 saturated heterocycles. The Hall–Kier alpha value is -3.55. The average Bonchev–Trinajstić information content (AvgIpc) is 2.85. The summed E-state index contributed by atoms with van der Waals surface area (Å²) in [5.41, 5.74) is 2.85. The van der Waals surface area contributed by atoms with Gasteiger partial charge in [-0.2, -0.15) is 0 Å². The summed E-state index contributed by atoms with van der Waals surface area (Å²) in [6.45, 7) is 4.63. The fourth-order valence-electron chi connectivity index (χ4n) is 5.35. The van der Waals surface area contributed by atoms with Crippen LogP contribution in [0.1, 0.15) is 60.8 Å². The Balaban J connectivity index is 1.64. The smallest absolute Gasteiger partial charge is 0.322 e. The number of hydrogen-bond donors (Lipinski definition) is 2. The van der Waals surface area contributed by atoms with E-state index in [-0.39, 0.29) is 18.2 Å². The van der Waals surface area contributed by atoms with Gasteiger partial charge in [0, 0.05) is 13.1 Å². The highest BCUT2D eigenvalue weighted by Gasteiger charge is 2.28. The van der Waals surface area contributed by atoms with Gasteiger partial charge in [0.05, 0.1) is 6.42 Å². The van der Waals surface area contributed by atoms with Gasteiger partial charge in [0.25, 0.3) is 0 Å². The van der Waals surface area contributed by atoms with Crippen molar-refractivity contribution in [1.29, 1.82) is 0 Å². The minimum absolute atomic E-state index is 0.0219. The number of urea groups is 1. The summed E-state index contributed by atoms with van der Waals surface area (Å²) in [5.74, 6) is -2.97. The van der Waals surface area contributed by atoms with E-state index in [9.17, 15) is 27.9 Å². The number of unbranched alkanes of at least 4 members (excludes halogenated alkanes) is 1. The molecular formula is C29H31F3N2O3. The Bertz CT molecular complexity index is 1310. The first kappa shape index (κ1) is 26.5. The number of halogens is 3. The number of para-hydroxylation sites is 1. The number of carboxylic acid groups (broad SMARTS) is 1. The Morgan fingerprint density at radius 2 is 1.70 bits per heavy atom. The number of rotatable bonds is 7. The second-order valence-corrected chi connectivity index (χ2v) is 9.70. The lowest BCUT2D eigenvalue weighted by Gasteiger charge is -2.34. The van der Waals surface area contributed by atoms with Crippen molar-refractivity contribution in [1.82, 2.24) is 4.90 Å². The summed E-state index contributed by atoms with van der Waals surface area (Å²) in [7, 11) is 0. The summed E-state index contributed by atoms with van der Waals surface area (Å²) >= 11 is 0. The van der Waals surface area contributed by atoms with Crippen LogP contribution in [0.5, 0.6) is 0 Å². The van der Waals surface area contributed by atoms with Gasteiger partial charge in [-0.05, 0) is 95.8 Å². The Kier molecular flexibility index (Phi) is 8.05. The second kappa shape index (κ2) is 11.2. The van der Waals surface area contributed by atoms with E-state index in [1.54, 1.807) is 0 Å². The minimum atomic E-state index is -0.933. The number of hydrogen-bond acceptors (Lipinski definition) is 2. The summed E-state index contributed by atoms with van der Waals surface area (Å²) < 4.78 is 42.7. The third-order valence-corrected chi connectivity index (χ3v) is 7.25. The third-order valence-electron chi connectivity index (χ3n) is 7.25. The lowest BCUT2D eigenvalue weighted by molar-refractivity contribution is -0.136. The highest BCUT2D eigenvalue weighted by atomic mass is 19.1. The first-order valence-corrected chi connectivity index (χ1v) is 12.7. The standard InChI is InChI=1S/C29H31F3N2O3/c1-3-4-6-19-13-21(30)16-23-22(19)14-20(15-26(35)36)17(2)27(23)18-9-11-34(12-10-18)29(37)33-28-24(31)7-5-8-25(28)32/h5,7-8,13-14,16,18H,3-4,6,9-12,15H2,1-2H3,(H,33,37)(H,35,36). The molecule has 1 aliphatic heterocycles. The quantitative estimate of drug-likeness (QED) is 0.360. The van der Waals surface area contributed by atoms with Gasteiger partial charge in [-0.3, -0.25) is 4.79 Å². The zero-order valence-electron chi connectivity index (χ0n) is 21.0. The van der Waals surface area contributed by atoms with Crippen LogP contribution < -0.4 is 5.32 Å². The summed E-state index contributed by atoms with van der Waals surface area (Å²) in [4.78, 5) is 25.8. The number of carbonyl (C=O) groups is 2. The number of aryl methyl sites for hydroxylation is 1. The van der Waals surface area contributed by atoms with Crippen molar-refractivity contribution in [3.8, 4) is 0 Å². The molecule has 196 valence electrons. The lowest BCUT2D eigenvalue weighted by Crippen LogP contribution is -2.41. The van der Waals surface area contributed by atoms with E-state index in [1.807, 2.05) is 13.0 Å². The van der Waals surface area contributed by atoms with Gasteiger partial charge < -0.3 is 15.3 Å². The van der Waals surface area contributed by atoms with Crippen molar-refractivity contribution in [2.24, 2.45) is 0 Å². The Labute approximate surface area is 214 Å². The van der Waals surface area contributed by atoms with E-state index in [0.29, 0.717) is 37.9 Å². The number of carboxylic acids is 1. The highest BCUT2D eigenvalue weighted by Crippen LogP contribution is 2.39. The maximum Gasteiger partial charge on any atom is 0.322 e. The molecular weight excluding hydrogens is 481 g/mol. The molecule has 3 aromatic rings. The number of piperidine rings is 1. The van der Waals surface area contributed by atoms with Crippen molar-refractivity contribution < 1.29 is 27.9 Å². The zero-order valence-corrected chi connectivity index (χ0v) is 21.0. The SMILES string of the molecule is CCCCc1cc(F)cc2c(C3CCN(C(=O)Nc4c(F)cccc4F)CC3)c(C)c(CC(=O)O)cc12. The maximum atomic E-state index is 14.7. The number of benzene rings is 3. The first-order valence-electron chi connectivity index (χ1n) is 12.7. The topological polar surface area (TPSA) is 69.6 Å². The van der Waals surface area contributed by atoms with Crippen LogP contribution in [0, 0.1) is 24.4 Å². The molecule has 1 fully saturated rings. The molecule has 0 unspecified atom stereocenters. The van der Waals surface area contributed by atoms with Gasteiger partial charge in [0.2, 0.25) is 0 Å². The molecule has 3 aromatic carbocycles. The maximum absolute atomic E-state index is 14.7. The van der Waals surface area contributed by atoms with Crippen LogP contribution in [0.25, 0.3) is 10.8 Å². The van der Waals surface area contributed by atoms with Gasteiger partial charge in [-0.1, -0.05) is 25.5 Å². The summed E-state index contributed by atoms with van der Waals surface area (Å²) in [5, 5.41) is 13.5. The predicted molar refractivity (Wildman–Crippen MR) is 138 cm³/mol. The lowest BCUT2D eigenvalue weighted by atomic mass is 9.80. The number of likely N-dealkylation sites (tertiary alicyclic amines) is 1. The number of nitrogens with zero attached hydrogens (tertiary/aromatic N) is 1. The number of fused-ring (bicyclic) bond motifs is 1. The molecule has 1 heterocycles. The van der Waals surface area contributed by atoms with Gasteiger partial charge >= 0.3 is 12.0 Å². The van der Waals surface area contributed by atoms with Crippen molar-refractivity contribution in [2.75, 3.05) is 18.4 Å². The van der Waals surface area contributed by atoms with Crippen LogP contribution >= 0.6 is 0 Å². The summed E-state index contributed by atoms with van der Waals surface area (Å²) in [6.07, 6.45) is 3.53. The molecule has 0 spiro atoms. The average molecular weight is 513 g/mol. The van der Waals surface area contributed by atoms with Crippen LogP contribution in [0.2, 0.25) is 0 Å². The van der Waals surface area contributed by atoms with Crippen LogP contribution in [0.15, 0.2) is 36.4 Å². The van der Waals surface area contributed by atoms with E-state index in [4.69, 9.17) is 0 Å². The molecule has 0 bridgehead atoms. The Morgan fingerprint density at radius 1 is 1.03 bits per heavy atom. The van der Waals surface area contributed by atoms with Crippen LogP contribution in [0.3, 0.4) is 0 Å². The second-order valence-electron chi connectivity index (χ2n) is 9.70. The zero-order chi connectivity index (χ0) is 26.7. The highest BCUT2D eigenvalue weighted by molar-refractivity contribution is 5.92. The van der Waals surface area contributed by atoms with E-state index in [0.717, 1.165) is 52.4 Å². The van der Waals surface area contributed by atoms with Gasteiger partial charge in [0.1, 0.15) is 23.1 Å². The van der Waals surface area contributed by atoms with Gasteiger partial charge in [-0.25, -0.2) is 18.0 Å². The number of anilines is 1. The Morgan fingerprint density at radius 3 is 2.32 bits per heavy atom. The van der Waals surface area contributed by atoms with E-state index in [2.05, 4.69) is 12.2 Å². The molecule has 0 aliphatic carbocycles. The summed E-state index contributed by atoms with van der Waals surface area (Å²) in [6, 6.07) is 7.75. The predicted octanol–water partition coefficient (Wildman–Crippen LogP) is 6.95. The molecule has 4 rings (SSSR count). The molecule has 8 heteroatoms. The number of amides is 2. The normalized spacial score (nSPS) is 14.2. The molecule has 37 heavy (non-hydrogen) atoms. The molecule has 1 aliphatic rings. The van der Waals surface area contributed by atoms with Crippen molar-refractivity contribution in [3.63, 3.8) is 0 Å². The fraction of sp³-hybridized carbons (Fsp3) is 0.379. The van der Waals surface area contributed by atoms with E-state index >= 15 is 0 Å². The van der Waals surface area contributed by atoms with Crippen molar-refractivity contribution in [3.05, 3.63) is 76.1 Å². The van der Waals surface area contributed by atoms with Crippen LogP contribution in [-0.2, 0) is 17.6 Å². The largest absolute Gasteiger partial charge is 0.481 e.